The normalized spacial score (nSPS) is 16.9. The lowest BCUT2D eigenvalue weighted by molar-refractivity contribution is -0.145. The van der Waals surface area contributed by atoms with Crippen LogP contribution in [0.25, 0.3) is 0 Å². The van der Waals surface area contributed by atoms with Crippen molar-refractivity contribution in [3.63, 3.8) is 0 Å². The van der Waals surface area contributed by atoms with Gasteiger partial charge in [-0.2, -0.15) is 0 Å². The third kappa shape index (κ3) is 3.74. The molecule has 3 N–H and O–H groups in total. The van der Waals surface area contributed by atoms with Gasteiger partial charge in [0, 0.05) is 6.04 Å². The lowest BCUT2D eigenvalue weighted by Gasteiger charge is -2.21. The Morgan fingerprint density at radius 3 is 2.14 bits per heavy atom. The van der Waals surface area contributed by atoms with Crippen molar-refractivity contribution in [3.05, 3.63) is 0 Å². The first-order valence-corrected chi connectivity index (χ1v) is 4.53. The fourth-order valence-corrected chi connectivity index (χ4v) is 1.01. The predicted octanol–water partition coefficient (Wildman–Crippen LogP) is -0.353. The van der Waals surface area contributed by atoms with E-state index < -0.39 is 11.9 Å². The fraction of sp³-hybridized carbons (Fsp3) is 0.778. The van der Waals surface area contributed by atoms with Gasteiger partial charge in [0.15, 0.2) is 0 Å². The second kappa shape index (κ2) is 5.59. The van der Waals surface area contributed by atoms with Crippen LogP contribution in [0, 0.1) is 5.92 Å². The van der Waals surface area contributed by atoms with E-state index in [1.165, 1.54) is 7.11 Å². The summed E-state index contributed by atoms with van der Waals surface area (Å²) in [6.07, 6.45) is 0. The largest absolute Gasteiger partial charge is 0.469 e. The van der Waals surface area contributed by atoms with E-state index in [2.05, 4.69) is 10.1 Å². The Kier molecular flexibility index (Phi) is 5.15. The molecule has 0 aliphatic rings. The number of primary amides is 1. The van der Waals surface area contributed by atoms with E-state index in [1.54, 1.807) is 20.8 Å². The van der Waals surface area contributed by atoms with Crippen LogP contribution in [-0.4, -0.2) is 31.1 Å². The Labute approximate surface area is 84.0 Å². The summed E-state index contributed by atoms with van der Waals surface area (Å²) in [7, 11) is 1.34. The Hall–Kier alpha value is -1.10. The van der Waals surface area contributed by atoms with Gasteiger partial charge in [-0.1, -0.05) is 6.92 Å². The smallest absolute Gasteiger partial charge is 0.309 e. The van der Waals surface area contributed by atoms with Crippen molar-refractivity contribution in [2.45, 2.75) is 32.9 Å². The molecule has 0 saturated carbocycles. The number of ether oxygens (including phenoxy) is 1. The second-order valence-corrected chi connectivity index (χ2v) is 3.39. The van der Waals surface area contributed by atoms with Gasteiger partial charge in [0.05, 0.1) is 19.1 Å². The molecule has 0 aromatic carbocycles. The van der Waals surface area contributed by atoms with Crippen LogP contribution in [0.1, 0.15) is 20.8 Å². The molecule has 0 bridgehead atoms. The quantitative estimate of drug-likeness (QED) is 0.597. The molecule has 5 heteroatoms. The first-order chi connectivity index (χ1) is 6.40. The number of nitrogens with two attached hydrogens (primary N) is 1. The Bertz CT molecular complexity index is 218. The van der Waals surface area contributed by atoms with Gasteiger partial charge in [0.25, 0.3) is 0 Å². The zero-order chi connectivity index (χ0) is 11.3. The highest BCUT2D eigenvalue weighted by Crippen LogP contribution is 2.05. The molecule has 0 heterocycles. The first-order valence-electron chi connectivity index (χ1n) is 4.53. The van der Waals surface area contributed by atoms with Gasteiger partial charge >= 0.3 is 5.97 Å². The van der Waals surface area contributed by atoms with Crippen molar-refractivity contribution < 1.29 is 14.3 Å². The van der Waals surface area contributed by atoms with Crippen molar-refractivity contribution in [1.29, 1.82) is 0 Å². The van der Waals surface area contributed by atoms with Gasteiger partial charge in [0.2, 0.25) is 5.91 Å². The van der Waals surface area contributed by atoms with E-state index in [4.69, 9.17) is 5.73 Å². The van der Waals surface area contributed by atoms with Crippen LogP contribution < -0.4 is 11.1 Å². The van der Waals surface area contributed by atoms with E-state index >= 15 is 0 Å². The van der Waals surface area contributed by atoms with Gasteiger partial charge in [-0.05, 0) is 13.8 Å². The minimum Gasteiger partial charge on any atom is -0.469 e. The van der Waals surface area contributed by atoms with Crippen molar-refractivity contribution in [3.8, 4) is 0 Å². The Morgan fingerprint density at radius 2 is 1.79 bits per heavy atom. The molecule has 0 spiro atoms. The second-order valence-electron chi connectivity index (χ2n) is 3.39. The van der Waals surface area contributed by atoms with Crippen LogP contribution in [0.4, 0.5) is 0 Å². The van der Waals surface area contributed by atoms with Crippen molar-refractivity contribution in [1.82, 2.24) is 5.32 Å². The van der Waals surface area contributed by atoms with E-state index in [1.807, 2.05) is 0 Å². The topological polar surface area (TPSA) is 81.4 Å². The van der Waals surface area contributed by atoms with Gasteiger partial charge in [-0.15, -0.1) is 0 Å². The number of hydrogen-bond donors (Lipinski definition) is 2. The van der Waals surface area contributed by atoms with Crippen molar-refractivity contribution in [2.75, 3.05) is 7.11 Å². The number of carbonyl (C=O) groups excluding carboxylic acids is 2. The van der Waals surface area contributed by atoms with Crippen LogP contribution in [0.2, 0.25) is 0 Å². The molecule has 0 aromatic rings. The number of rotatable bonds is 5. The van der Waals surface area contributed by atoms with E-state index in [-0.39, 0.29) is 17.9 Å². The number of methoxy groups -OCH3 is 1. The average molecular weight is 202 g/mol. The fourth-order valence-electron chi connectivity index (χ4n) is 1.01. The van der Waals surface area contributed by atoms with Crippen LogP contribution in [0.3, 0.4) is 0 Å². The maximum Gasteiger partial charge on any atom is 0.309 e. The molecule has 0 radical (unpaired) electrons. The maximum absolute atomic E-state index is 11.1. The molecular weight excluding hydrogens is 184 g/mol. The van der Waals surface area contributed by atoms with E-state index in [0.29, 0.717) is 0 Å². The lowest BCUT2D eigenvalue weighted by atomic mass is 10.0. The molecule has 1 amide bonds. The van der Waals surface area contributed by atoms with Gasteiger partial charge in [0.1, 0.15) is 0 Å². The average Bonchev–Trinajstić information content (AvgIpc) is 2.14. The summed E-state index contributed by atoms with van der Waals surface area (Å²) in [6, 6.07) is -0.595. The van der Waals surface area contributed by atoms with Crippen LogP contribution >= 0.6 is 0 Å². The third-order valence-electron chi connectivity index (χ3n) is 2.26. The molecule has 14 heavy (non-hydrogen) atoms. The van der Waals surface area contributed by atoms with Crippen LogP contribution in [-0.2, 0) is 14.3 Å². The molecule has 3 unspecified atom stereocenters. The highest BCUT2D eigenvalue weighted by molar-refractivity contribution is 5.79. The molecule has 0 fully saturated rings. The molecule has 3 atom stereocenters. The van der Waals surface area contributed by atoms with Gasteiger partial charge < -0.3 is 15.8 Å². The molecule has 5 nitrogen and oxygen atoms in total. The summed E-state index contributed by atoms with van der Waals surface area (Å²) in [5, 5.41) is 2.92. The summed E-state index contributed by atoms with van der Waals surface area (Å²) >= 11 is 0. The van der Waals surface area contributed by atoms with Crippen molar-refractivity contribution in [2.24, 2.45) is 11.7 Å². The minimum atomic E-state index is -0.447. The Morgan fingerprint density at radius 1 is 1.29 bits per heavy atom. The highest BCUT2D eigenvalue weighted by atomic mass is 16.5. The summed E-state index contributed by atoms with van der Waals surface area (Å²) < 4.78 is 4.58. The number of hydrogen-bond acceptors (Lipinski definition) is 4. The number of amides is 1. The molecule has 82 valence electrons. The Balaban J connectivity index is 4.13. The zero-order valence-electron chi connectivity index (χ0n) is 9.03. The van der Waals surface area contributed by atoms with E-state index in [0.717, 1.165) is 0 Å². The third-order valence-corrected chi connectivity index (χ3v) is 2.26. The zero-order valence-corrected chi connectivity index (χ0v) is 9.03. The first kappa shape index (κ1) is 12.9. The molecule has 0 saturated heterocycles. The van der Waals surface area contributed by atoms with Crippen LogP contribution in [0.15, 0.2) is 0 Å². The van der Waals surface area contributed by atoms with Crippen LogP contribution in [0.5, 0.6) is 0 Å². The number of esters is 1. The van der Waals surface area contributed by atoms with Crippen molar-refractivity contribution >= 4 is 11.9 Å². The molecule has 0 aliphatic heterocycles. The summed E-state index contributed by atoms with van der Waals surface area (Å²) in [5.74, 6) is -1.04. The predicted molar refractivity (Wildman–Crippen MR) is 52.4 cm³/mol. The monoisotopic (exact) mass is 202 g/mol. The van der Waals surface area contributed by atoms with Gasteiger partial charge in [-0.25, -0.2) is 0 Å². The molecule has 0 rings (SSSR count). The molecule has 0 aliphatic carbocycles. The number of nitrogens with one attached hydrogen (secondary N) is 1. The molecule has 0 aromatic heterocycles. The highest BCUT2D eigenvalue weighted by Gasteiger charge is 2.23. The summed E-state index contributed by atoms with van der Waals surface area (Å²) in [6.45, 7) is 5.20. The van der Waals surface area contributed by atoms with Gasteiger partial charge in [-0.3, -0.25) is 9.59 Å². The standard InChI is InChI=1S/C9H18N2O3/c1-5(9(13)14-4)6(2)11-7(3)8(10)12/h5-7,11H,1-4H3,(H2,10,12). The lowest BCUT2D eigenvalue weighted by Crippen LogP contribution is -2.47. The van der Waals surface area contributed by atoms with E-state index in [9.17, 15) is 9.59 Å². The minimum absolute atomic E-state index is 0.148. The molecular formula is C9H18N2O3. The SMILES string of the molecule is COC(=O)C(C)C(C)NC(C)C(N)=O. The summed E-state index contributed by atoms with van der Waals surface area (Å²) in [5.41, 5.74) is 5.08. The maximum atomic E-state index is 11.1. The number of carbonyl (C=O) groups is 2. The summed E-state index contributed by atoms with van der Waals surface area (Å²) in [4.78, 5) is 21.9.